The van der Waals surface area contributed by atoms with Gasteiger partial charge in [0, 0.05) is 45.0 Å². The van der Waals surface area contributed by atoms with Crippen molar-refractivity contribution in [2.45, 2.75) is 39.2 Å². The first kappa shape index (κ1) is 18.8. The average molecular weight is 372 g/mol. The van der Waals surface area contributed by atoms with Crippen LogP contribution in [0.2, 0.25) is 0 Å². The molecular formula is C22H33N3O2. The molecule has 1 aromatic rings. The number of morpholine rings is 1. The molecule has 0 radical (unpaired) electrons. The highest BCUT2D eigenvalue weighted by Gasteiger charge is 2.47. The van der Waals surface area contributed by atoms with Gasteiger partial charge in [-0.05, 0) is 49.9 Å². The van der Waals surface area contributed by atoms with Crippen LogP contribution in [0.1, 0.15) is 38.2 Å². The summed E-state index contributed by atoms with van der Waals surface area (Å²) in [4.78, 5) is 20.1. The maximum absolute atomic E-state index is 13.1. The van der Waals surface area contributed by atoms with Gasteiger partial charge in [-0.2, -0.15) is 0 Å². The highest BCUT2D eigenvalue weighted by atomic mass is 16.5. The van der Waals surface area contributed by atoms with Crippen LogP contribution < -0.4 is 4.90 Å². The maximum Gasteiger partial charge on any atom is 0.230 e. The van der Waals surface area contributed by atoms with E-state index in [9.17, 15) is 4.79 Å². The van der Waals surface area contributed by atoms with Crippen LogP contribution in [-0.4, -0.2) is 68.2 Å². The lowest BCUT2D eigenvalue weighted by atomic mass is 9.78. The molecule has 0 N–H and O–H groups in total. The number of rotatable bonds is 5. The van der Waals surface area contributed by atoms with Gasteiger partial charge in [-0.15, -0.1) is 0 Å². The molecule has 5 nitrogen and oxygen atoms in total. The standard InChI is InChI=1S/C22H33N3O2/c1-2-9-25-10-4-7-22(21(25)26)8-11-23(18-22)17-19-5-3-6-20(16-19)24-12-14-27-15-13-24/h3,5-6,16H,2,4,7-15,17-18H2,1H3/t22-/m0/s1. The summed E-state index contributed by atoms with van der Waals surface area (Å²) in [5.41, 5.74) is 2.53. The molecule has 3 fully saturated rings. The van der Waals surface area contributed by atoms with Gasteiger partial charge >= 0.3 is 0 Å². The van der Waals surface area contributed by atoms with Crippen LogP contribution >= 0.6 is 0 Å². The first-order valence-electron chi connectivity index (χ1n) is 10.6. The molecule has 1 spiro atoms. The third kappa shape index (κ3) is 3.99. The molecule has 0 saturated carbocycles. The fourth-order valence-corrected chi connectivity index (χ4v) is 5.04. The predicted octanol–water partition coefficient (Wildman–Crippen LogP) is 2.75. The van der Waals surface area contributed by atoms with E-state index >= 15 is 0 Å². The van der Waals surface area contributed by atoms with E-state index in [4.69, 9.17) is 4.74 Å². The minimum absolute atomic E-state index is 0.116. The zero-order valence-electron chi connectivity index (χ0n) is 16.7. The lowest BCUT2D eigenvalue weighted by Crippen LogP contribution is -2.50. The number of hydrogen-bond donors (Lipinski definition) is 0. The maximum atomic E-state index is 13.1. The number of nitrogens with zero attached hydrogens (tertiary/aromatic N) is 3. The Morgan fingerprint density at radius 1 is 1.11 bits per heavy atom. The number of anilines is 1. The number of carbonyl (C=O) groups excluding carboxylic acids is 1. The van der Waals surface area contributed by atoms with Crippen molar-refractivity contribution < 1.29 is 9.53 Å². The quantitative estimate of drug-likeness (QED) is 0.797. The van der Waals surface area contributed by atoms with Gasteiger partial charge in [-0.1, -0.05) is 19.1 Å². The smallest absolute Gasteiger partial charge is 0.230 e. The molecule has 3 aliphatic rings. The molecule has 0 unspecified atom stereocenters. The molecule has 1 aromatic carbocycles. The second-order valence-corrected chi connectivity index (χ2v) is 8.41. The van der Waals surface area contributed by atoms with Crippen LogP contribution in [0.4, 0.5) is 5.69 Å². The van der Waals surface area contributed by atoms with E-state index in [0.29, 0.717) is 5.91 Å². The van der Waals surface area contributed by atoms with Crippen molar-refractivity contribution in [3.63, 3.8) is 0 Å². The monoisotopic (exact) mass is 371 g/mol. The van der Waals surface area contributed by atoms with Crippen molar-refractivity contribution in [1.29, 1.82) is 0 Å². The normalized spacial score (nSPS) is 26.9. The third-order valence-electron chi connectivity index (χ3n) is 6.44. The molecule has 148 valence electrons. The fraction of sp³-hybridized carbons (Fsp3) is 0.682. The van der Waals surface area contributed by atoms with Crippen LogP contribution in [0, 0.1) is 5.41 Å². The van der Waals surface area contributed by atoms with Gasteiger partial charge in [0.2, 0.25) is 5.91 Å². The first-order chi connectivity index (χ1) is 13.2. The van der Waals surface area contributed by atoms with Crippen LogP contribution in [0.25, 0.3) is 0 Å². The summed E-state index contributed by atoms with van der Waals surface area (Å²) in [6, 6.07) is 8.91. The molecule has 3 saturated heterocycles. The summed E-state index contributed by atoms with van der Waals surface area (Å²) in [7, 11) is 0. The highest BCUT2D eigenvalue weighted by Crippen LogP contribution is 2.40. The SMILES string of the molecule is CCCN1CCC[C@@]2(CCN(Cc3cccc(N4CCOCC4)c3)C2)C1=O. The van der Waals surface area contributed by atoms with E-state index in [1.807, 2.05) is 0 Å². The Bertz CT molecular complexity index is 657. The predicted molar refractivity (Wildman–Crippen MR) is 108 cm³/mol. The molecule has 1 atom stereocenters. The minimum atomic E-state index is -0.116. The summed E-state index contributed by atoms with van der Waals surface area (Å²) in [6.45, 7) is 10.5. The van der Waals surface area contributed by atoms with Gasteiger partial charge in [-0.25, -0.2) is 0 Å². The molecular weight excluding hydrogens is 338 g/mol. The Labute approximate surface area is 163 Å². The first-order valence-corrected chi connectivity index (χ1v) is 10.6. The molecule has 3 aliphatic heterocycles. The second-order valence-electron chi connectivity index (χ2n) is 8.41. The van der Waals surface area contributed by atoms with Crippen LogP contribution in [0.3, 0.4) is 0 Å². The number of likely N-dealkylation sites (tertiary alicyclic amines) is 2. The lowest BCUT2D eigenvalue weighted by Gasteiger charge is -2.39. The topological polar surface area (TPSA) is 36.0 Å². The van der Waals surface area contributed by atoms with E-state index in [2.05, 4.69) is 45.9 Å². The lowest BCUT2D eigenvalue weighted by molar-refractivity contribution is -0.145. The summed E-state index contributed by atoms with van der Waals surface area (Å²) in [6.07, 6.45) is 4.30. The Morgan fingerprint density at radius 2 is 1.96 bits per heavy atom. The summed E-state index contributed by atoms with van der Waals surface area (Å²) >= 11 is 0. The van der Waals surface area contributed by atoms with Gasteiger partial charge < -0.3 is 14.5 Å². The molecule has 0 aliphatic carbocycles. The molecule has 3 heterocycles. The highest BCUT2D eigenvalue weighted by molar-refractivity contribution is 5.84. The van der Waals surface area contributed by atoms with Crippen molar-refractivity contribution in [3.8, 4) is 0 Å². The van der Waals surface area contributed by atoms with E-state index < -0.39 is 0 Å². The summed E-state index contributed by atoms with van der Waals surface area (Å²) in [5.74, 6) is 0.417. The molecule has 0 bridgehead atoms. The Hall–Kier alpha value is -1.59. The summed E-state index contributed by atoms with van der Waals surface area (Å²) < 4.78 is 5.47. The number of hydrogen-bond acceptors (Lipinski definition) is 4. The molecule has 1 amide bonds. The molecule has 5 heteroatoms. The number of piperidine rings is 1. The van der Waals surface area contributed by atoms with Crippen molar-refractivity contribution in [1.82, 2.24) is 9.80 Å². The molecule has 27 heavy (non-hydrogen) atoms. The van der Waals surface area contributed by atoms with Crippen molar-refractivity contribution in [2.75, 3.05) is 57.4 Å². The Morgan fingerprint density at radius 3 is 2.78 bits per heavy atom. The zero-order valence-corrected chi connectivity index (χ0v) is 16.7. The van der Waals surface area contributed by atoms with Gasteiger partial charge in [0.25, 0.3) is 0 Å². The van der Waals surface area contributed by atoms with E-state index in [0.717, 1.165) is 84.7 Å². The van der Waals surface area contributed by atoms with Crippen molar-refractivity contribution >= 4 is 11.6 Å². The van der Waals surface area contributed by atoms with Crippen LogP contribution in [0.5, 0.6) is 0 Å². The van der Waals surface area contributed by atoms with Gasteiger partial charge in [-0.3, -0.25) is 9.69 Å². The number of carbonyl (C=O) groups is 1. The summed E-state index contributed by atoms with van der Waals surface area (Å²) in [5, 5.41) is 0. The number of benzene rings is 1. The largest absolute Gasteiger partial charge is 0.378 e. The fourth-order valence-electron chi connectivity index (χ4n) is 5.04. The number of ether oxygens (including phenoxy) is 1. The van der Waals surface area contributed by atoms with Crippen molar-refractivity contribution in [2.24, 2.45) is 5.41 Å². The van der Waals surface area contributed by atoms with Gasteiger partial charge in [0.15, 0.2) is 0 Å². The van der Waals surface area contributed by atoms with Crippen LogP contribution in [0.15, 0.2) is 24.3 Å². The third-order valence-corrected chi connectivity index (χ3v) is 6.44. The van der Waals surface area contributed by atoms with E-state index in [1.165, 1.54) is 11.3 Å². The number of amides is 1. The van der Waals surface area contributed by atoms with Gasteiger partial charge in [0.05, 0.1) is 18.6 Å². The molecule has 4 rings (SSSR count). The van der Waals surface area contributed by atoms with Gasteiger partial charge in [0.1, 0.15) is 0 Å². The Kier molecular flexibility index (Phi) is 5.69. The minimum Gasteiger partial charge on any atom is -0.378 e. The zero-order chi connectivity index (χ0) is 18.7. The van der Waals surface area contributed by atoms with Crippen molar-refractivity contribution in [3.05, 3.63) is 29.8 Å². The van der Waals surface area contributed by atoms with E-state index in [-0.39, 0.29) is 5.41 Å². The second kappa shape index (κ2) is 8.19. The van der Waals surface area contributed by atoms with E-state index in [1.54, 1.807) is 0 Å². The van der Waals surface area contributed by atoms with Crippen LogP contribution in [-0.2, 0) is 16.1 Å². The molecule has 0 aromatic heterocycles. The Balaban J connectivity index is 1.40. The average Bonchev–Trinajstić information content (AvgIpc) is 3.10.